The number of rotatable bonds is 6. The zero-order valence-electron chi connectivity index (χ0n) is 9.90. The van der Waals surface area contributed by atoms with Crippen LogP contribution in [0.4, 0.5) is 0 Å². The van der Waals surface area contributed by atoms with Crippen molar-refractivity contribution in [2.75, 3.05) is 0 Å². The first-order valence-corrected chi connectivity index (χ1v) is 5.68. The normalized spacial score (nSPS) is 14.4. The monoisotopic (exact) mass is 224 g/mol. The summed E-state index contributed by atoms with van der Waals surface area (Å²) in [5, 5.41) is 2.88. The Bertz CT molecular complexity index is 307. The molecule has 0 fully saturated rings. The van der Waals surface area contributed by atoms with Crippen LogP contribution in [0.1, 0.15) is 44.9 Å². The van der Waals surface area contributed by atoms with Gasteiger partial charge < -0.3 is 15.5 Å². The van der Waals surface area contributed by atoms with Crippen LogP contribution in [0.25, 0.3) is 0 Å². The number of carbonyl (C=O) groups is 1. The van der Waals surface area contributed by atoms with Crippen LogP contribution in [0, 0.1) is 0 Å². The molecule has 0 saturated heterocycles. The summed E-state index contributed by atoms with van der Waals surface area (Å²) >= 11 is 0. The summed E-state index contributed by atoms with van der Waals surface area (Å²) in [6.45, 7) is 3.85. The van der Waals surface area contributed by atoms with Crippen LogP contribution in [0.3, 0.4) is 0 Å². The molecule has 1 unspecified atom stereocenters. The Balaban J connectivity index is 2.24. The van der Waals surface area contributed by atoms with E-state index in [-0.39, 0.29) is 18.0 Å². The van der Waals surface area contributed by atoms with E-state index in [9.17, 15) is 4.79 Å². The molecule has 1 rings (SSSR count). The van der Waals surface area contributed by atoms with E-state index in [2.05, 4.69) is 5.32 Å². The zero-order chi connectivity index (χ0) is 12.0. The van der Waals surface area contributed by atoms with Gasteiger partial charge in [-0.2, -0.15) is 0 Å². The molecule has 0 aliphatic carbocycles. The van der Waals surface area contributed by atoms with E-state index in [0.717, 1.165) is 18.6 Å². The van der Waals surface area contributed by atoms with Gasteiger partial charge in [-0.05, 0) is 38.8 Å². The molecular formula is C12H20N2O2. The molecule has 1 aromatic heterocycles. The van der Waals surface area contributed by atoms with Crippen LogP contribution in [-0.2, 0) is 4.79 Å². The average Bonchev–Trinajstić information content (AvgIpc) is 2.69. The predicted molar refractivity (Wildman–Crippen MR) is 62.8 cm³/mol. The fourth-order valence-electron chi connectivity index (χ4n) is 1.51. The Morgan fingerprint density at radius 1 is 1.56 bits per heavy atom. The number of amides is 1. The molecular weight excluding hydrogens is 204 g/mol. The minimum absolute atomic E-state index is 0.0459. The van der Waals surface area contributed by atoms with Crippen molar-refractivity contribution in [3.63, 3.8) is 0 Å². The van der Waals surface area contributed by atoms with Gasteiger partial charge in [-0.3, -0.25) is 4.79 Å². The summed E-state index contributed by atoms with van der Waals surface area (Å²) < 4.78 is 5.20. The van der Waals surface area contributed by atoms with Crippen molar-refractivity contribution in [1.82, 2.24) is 5.32 Å². The van der Waals surface area contributed by atoms with Crippen molar-refractivity contribution in [3.05, 3.63) is 24.2 Å². The largest absolute Gasteiger partial charge is 0.467 e. The van der Waals surface area contributed by atoms with Crippen molar-refractivity contribution < 1.29 is 9.21 Å². The third-order valence-electron chi connectivity index (χ3n) is 2.41. The van der Waals surface area contributed by atoms with Gasteiger partial charge in [-0.15, -0.1) is 0 Å². The Hall–Kier alpha value is -1.29. The lowest BCUT2D eigenvalue weighted by molar-refractivity contribution is -0.122. The Kier molecular flexibility index (Phi) is 5.05. The lowest BCUT2D eigenvalue weighted by atomic mass is 10.1. The summed E-state index contributed by atoms with van der Waals surface area (Å²) in [5.74, 6) is 0.824. The number of furan rings is 1. The van der Waals surface area contributed by atoms with Gasteiger partial charge in [0.25, 0.3) is 0 Å². The van der Waals surface area contributed by atoms with Crippen LogP contribution in [-0.4, -0.2) is 11.9 Å². The lowest BCUT2D eigenvalue weighted by Crippen LogP contribution is -2.26. The standard InChI is InChI=1S/C12H20N2O2/c1-9(13)5-3-7-12(15)14-10(2)11-6-4-8-16-11/h4,6,8-10H,3,5,7,13H2,1-2H3,(H,14,15)/t9?,10-/m0/s1. The van der Waals surface area contributed by atoms with E-state index < -0.39 is 0 Å². The average molecular weight is 224 g/mol. The predicted octanol–water partition coefficient (Wildman–Crippen LogP) is 1.97. The van der Waals surface area contributed by atoms with Crippen molar-refractivity contribution >= 4 is 5.91 Å². The topological polar surface area (TPSA) is 68.3 Å². The van der Waals surface area contributed by atoms with Crippen LogP contribution < -0.4 is 11.1 Å². The van der Waals surface area contributed by atoms with Crippen molar-refractivity contribution in [3.8, 4) is 0 Å². The molecule has 0 aromatic carbocycles. The molecule has 0 aliphatic rings. The quantitative estimate of drug-likeness (QED) is 0.776. The summed E-state index contributed by atoms with van der Waals surface area (Å²) in [6.07, 6.45) is 3.83. The molecule has 0 spiro atoms. The van der Waals surface area contributed by atoms with Crippen LogP contribution in [0.2, 0.25) is 0 Å². The first-order chi connectivity index (χ1) is 7.59. The molecule has 4 nitrogen and oxygen atoms in total. The minimum atomic E-state index is -0.0715. The molecule has 4 heteroatoms. The lowest BCUT2D eigenvalue weighted by Gasteiger charge is -2.11. The van der Waals surface area contributed by atoms with Gasteiger partial charge in [0.1, 0.15) is 5.76 Å². The molecule has 0 aliphatic heterocycles. The van der Waals surface area contributed by atoms with Gasteiger partial charge in [0, 0.05) is 12.5 Å². The number of nitrogens with two attached hydrogens (primary N) is 1. The number of hydrogen-bond donors (Lipinski definition) is 2. The third kappa shape index (κ3) is 4.49. The van der Waals surface area contributed by atoms with Gasteiger partial charge in [-0.1, -0.05) is 0 Å². The van der Waals surface area contributed by atoms with Crippen LogP contribution in [0.5, 0.6) is 0 Å². The molecule has 90 valence electrons. The van der Waals surface area contributed by atoms with Crippen LogP contribution in [0.15, 0.2) is 22.8 Å². The van der Waals surface area contributed by atoms with E-state index in [1.165, 1.54) is 0 Å². The summed E-state index contributed by atoms with van der Waals surface area (Å²) in [7, 11) is 0. The highest BCUT2D eigenvalue weighted by Gasteiger charge is 2.11. The number of hydrogen-bond acceptors (Lipinski definition) is 3. The third-order valence-corrected chi connectivity index (χ3v) is 2.41. The highest BCUT2D eigenvalue weighted by atomic mass is 16.3. The fourth-order valence-corrected chi connectivity index (χ4v) is 1.51. The highest BCUT2D eigenvalue weighted by Crippen LogP contribution is 2.12. The first-order valence-electron chi connectivity index (χ1n) is 5.68. The summed E-state index contributed by atoms with van der Waals surface area (Å²) in [5.41, 5.74) is 5.61. The Labute approximate surface area is 96.2 Å². The van der Waals surface area contributed by atoms with Gasteiger partial charge in [-0.25, -0.2) is 0 Å². The second-order valence-electron chi connectivity index (χ2n) is 4.17. The molecule has 2 atom stereocenters. The highest BCUT2D eigenvalue weighted by molar-refractivity contribution is 5.76. The second kappa shape index (κ2) is 6.33. The zero-order valence-corrected chi connectivity index (χ0v) is 9.90. The second-order valence-corrected chi connectivity index (χ2v) is 4.17. The van der Waals surface area contributed by atoms with Crippen LogP contribution >= 0.6 is 0 Å². The number of nitrogens with one attached hydrogen (secondary N) is 1. The number of carbonyl (C=O) groups excluding carboxylic acids is 1. The van der Waals surface area contributed by atoms with E-state index >= 15 is 0 Å². The summed E-state index contributed by atoms with van der Waals surface area (Å²) in [6, 6.07) is 3.76. The SMILES string of the molecule is CC(N)CCCC(=O)N[C@@H](C)c1ccco1. The molecule has 1 heterocycles. The Morgan fingerprint density at radius 3 is 2.88 bits per heavy atom. The maximum Gasteiger partial charge on any atom is 0.220 e. The Morgan fingerprint density at radius 2 is 2.31 bits per heavy atom. The smallest absolute Gasteiger partial charge is 0.220 e. The van der Waals surface area contributed by atoms with Crippen molar-refractivity contribution in [2.45, 2.75) is 45.2 Å². The van der Waals surface area contributed by atoms with Crippen molar-refractivity contribution in [2.24, 2.45) is 5.73 Å². The van der Waals surface area contributed by atoms with Gasteiger partial charge in [0.05, 0.1) is 12.3 Å². The molecule has 0 saturated carbocycles. The maximum atomic E-state index is 11.5. The van der Waals surface area contributed by atoms with Gasteiger partial charge in [0.15, 0.2) is 0 Å². The van der Waals surface area contributed by atoms with Gasteiger partial charge in [0.2, 0.25) is 5.91 Å². The molecule has 3 N–H and O–H groups in total. The van der Waals surface area contributed by atoms with E-state index in [4.69, 9.17) is 10.2 Å². The molecule has 1 amide bonds. The first kappa shape index (κ1) is 12.8. The van der Waals surface area contributed by atoms with E-state index in [1.807, 2.05) is 26.0 Å². The van der Waals surface area contributed by atoms with Crippen molar-refractivity contribution in [1.29, 1.82) is 0 Å². The molecule has 0 radical (unpaired) electrons. The molecule has 1 aromatic rings. The summed E-state index contributed by atoms with van der Waals surface area (Å²) in [4.78, 5) is 11.5. The van der Waals surface area contributed by atoms with Gasteiger partial charge >= 0.3 is 0 Å². The minimum Gasteiger partial charge on any atom is -0.467 e. The molecule has 16 heavy (non-hydrogen) atoms. The van der Waals surface area contributed by atoms with E-state index in [1.54, 1.807) is 6.26 Å². The maximum absolute atomic E-state index is 11.5. The van der Waals surface area contributed by atoms with E-state index in [0.29, 0.717) is 6.42 Å². The fraction of sp³-hybridized carbons (Fsp3) is 0.583. The molecule has 0 bridgehead atoms.